The minimum atomic E-state index is -1.02. The Kier molecular flexibility index (Phi) is 5.93. The van der Waals surface area contributed by atoms with Gasteiger partial charge in [-0.2, -0.15) is 0 Å². The van der Waals surface area contributed by atoms with Gasteiger partial charge in [0.05, 0.1) is 23.3 Å². The van der Waals surface area contributed by atoms with E-state index in [-0.39, 0.29) is 15.1 Å². The number of methoxy groups -OCH3 is 1. The molecular formula is C23H20N2O4S2. The quantitative estimate of drug-likeness (QED) is 0.389. The van der Waals surface area contributed by atoms with Gasteiger partial charge in [0.25, 0.3) is 11.8 Å². The number of esters is 1. The van der Waals surface area contributed by atoms with Gasteiger partial charge in [0.15, 0.2) is 6.04 Å². The van der Waals surface area contributed by atoms with Gasteiger partial charge in [-0.3, -0.25) is 14.5 Å². The van der Waals surface area contributed by atoms with Crippen LogP contribution in [0.15, 0.2) is 59.5 Å². The van der Waals surface area contributed by atoms with E-state index in [0.717, 1.165) is 23.9 Å². The smallest absolute Gasteiger partial charge is 0.333 e. The Morgan fingerprint density at radius 2 is 1.74 bits per heavy atom. The molecule has 1 saturated heterocycles. The summed E-state index contributed by atoms with van der Waals surface area (Å²) in [6, 6.07) is 15.3. The number of thioether (sulfide) groups is 1. The van der Waals surface area contributed by atoms with E-state index in [1.807, 2.05) is 37.3 Å². The van der Waals surface area contributed by atoms with Crippen molar-refractivity contribution in [2.24, 2.45) is 0 Å². The van der Waals surface area contributed by atoms with Gasteiger partial charge in [-0.25, -0.2) is 4.79 Å². The van der Waals surface area contributed by atoms with Crippen molar-refractivity contribution >= 4 is 57.3 Å². The van der Waals surface area contributed by atoms with E-state index >= 15 is 0 Å². The zero-order valence-electron chi connectivity index (χ0n) is 17.0. The van der Waals surface area contributed by atoms with Crippen LogP contribution in [-0.4, -0.2) is 40.7 Å². The number of fused-ring (bicyclic) bond motifs is 1. The summed E-state index contributed by atoms with van der Waals surface area (Å²) in [5.74, 6) is -1.29. The SMILES string of the molecule is CCCN1C(=O)/C(=C2\SC(=S)N(C(C(=O)OC)c3ccccc3)C2=O)c2ccccc21. The maximum absolute atomic E-state index is 13.5. The summed E-state index contributed by atoms with van der Waals surface area (Å²) in [5, 5.41) is 0. The predicted octanol–water partition coefficient (Wildman–Crippen LogP) is 3.93. The van der Waals surface area contributed by atoms with E-state index in [9.17, 15) is 14.4 Å². The summed E-state index contributed by atoms with van der Waals surface area (Å²) >= 11 is 6.54. The summed E-state index contributed by atoms with van der Waals surface area (Å²) in [6.45, 7) is 2.54. The minimum absolute atomic E-state index is 0.214. The van der Waals surface area contributed by atoms with Crippen LogP contribution >= 0.6 is 24.0 Å². The molecule has 2 amide bonds. The van der Waals surface area contributed by atoms with Crippen LogP contribution in [0.1, 0.15) is 30.5 Å². The van der Waals surface area contributed by atoms with Crippen molar-refractivity contribution in [3.63, 3.8) is 0 Å². The van der Waals surface area contributed by atoms with Gasteiger partial charge in [0.1, 0.15) is 4.32 Å². The number of thiocarbonyl (C=S) groups is 1. The van der Waals surface area contributed by atoms with Gasteiger partial charge >= 0.3 is 5.97 Å². The standard InChI is InChI=1S/C23H20N2O4S2/c1-3-13-24-16-12-8-7-11-15(16)17(20(24)26)19-21(27)25(23(30)31-19)18(22(28)29-2)14-9-5-4-6-10-14/h4-12,18H,3,13H2,1-2H3/b19-17-. The van der Waals surface area contributed by atoms with Gasteiger partial charge in [0.2, 0.25) is 0 Å². The Balaban J connectivity index is 1.82. The van der Waals surface area contributed by atoms with Crippen LogP contribution in [-0.2, 0) is 19.1 Å². The van der Waals surface area contributed by atoms with Crippen molar-refractivity contribution in [1.82, 2.24) is 4.90 Å². The Morgan fingerprint density at radius 1 is 1.06 bits per heavy atom. The Labute approximate surface area is 189 Å². The number of ether oxygens (including phenoxy) is 1. The van der Waals surface area contributed by atoms with Crippen LogP contribution in [0, 0.1) is 0 Å². The molecule has 2 aromatic rings. The molecule has 1 unspecified atom stereocenters. The highest BCUT2D eigenvalue weighted by atomic mass is 32.2. The molecule has 31 heavy (non-hydrogen) atoms. The fraction of sp³-hybridized carbons (Fsp3) is 0.217. The number of nitrogens with zero attached hydrogens (tertiary/aromatic N) is 2. The van der Waals surface area contributed by atoms with Crippen molar-refractivity contribution in [3.05, 3.63) is 70.6 Å². The summed E-state index contributed by atoms with van der Waals surface area (Å²) in [4.78, 5) is 42.6. The molecule has 0 N–H and O–H groups in total. The largest absolute Gasteiger partial charge is 0.467 e. The summed E-state index contributed by atoms with van der Waals surface area (Å²) < 4.78 is 5.18. The third-order valence-corrected chi connectivity index (χ3v) is 6.60. The highest BCUT2D eigenvalue weighted by molar-refractivity contribution is 8.26. The highest BCUT2D eigenvalue weighted by Crippen LogP contribution is 2.46. The molecule has 1 atom stereocenters. The first-order chi connectivity index (χ1) is 15.0. The van der Waals surface area contributed by atoms with Crippen molar-refractivity contribution < 1.29 is 19.1 Å². The van der Waals surface area contributed by atoms with Gasteiger partial charge in [-0.1, -0.05) is 79.4 Å². The third kappa shape index (κ3) is 3.55. The molecule has 1 fully saturated rings. The van der Waals surface area contributed by atoms with E-state index in [2.05, 4.69) is 0 Å². The molecular weight excluding hydrogens is 432 g/mol. The average Bonchev–Trinajstić information content (AvgIpc) is 3.22. The van der Waals surface area contributed by atoms with Crippen LogP contribution in [0.25, 0.3) is 5.57 Å². The average molecular weight is 453 g/mol. The molecule has 4 rings (SSSR count). The van der Waals surface area contributed by atoms with Crippen molar-refractivity contribution in [1.29, 1.82) is 0 Å². The van der Waals surface area contributed by atoms with E-state index in [0.29, 0.717) is 23.2 Å². The predicted molar refractivity (Wildman–Crippen MR) is 124 cm³/mol. The molecule has 0 bridgehead atoms. The summed E-state index contributed by atoms with van der Waals surface area (Å²) in [6.07, 6.45) is 0.784. The Hall–Kier alpha value is -2.97. The number of amides is 2. The van der Waals surface area contributed by atoms with Gasteiger partial charge < -0.3 is 9.64 Å². The molecule has 158 valence electrons. The molecule has 0 aliphatic carbocycles. The summed E-state index contributed by atoms with van der Waals surface area (Å²) in [7, 11) is 1.27. The lowest BCUT2D eigenvalue weighted by Gasteiger charge is -2.24. The fourth-order valence-electron chi connectivity index (χ4n) is 3.84. The molecule has 0 saturated carbocycles. The molecule has 6 nitrogen and oxygen atoms in total. The molecule has 2 aromatic carbocycles. The molecule has 0 spiro atoms. The lowest BCUT2D eigenvalue weighted by Crippen LogP contribution is -2.38. The van der Waals surface area contributed by atoms with Crippen LogP contribution in [0.4, 0.5) is 5.69 Å². The number of carbonyl (C=O) groups is 3. The van der Waals surface area contributed by atoms with Gasteiger partial charge in [-0.05, 0) is 18.1 Å². The van der Waals surface area contributed by atoms with Gasteiger partial charge in [-0.15, -0.1) is 0 Å². The summed E-state index contributed by atoms with van der Waals surface area (Å²) in [5.41, 5.74) is 2.40. The first-order valence-corrected chi connectivity index (χ1v) is 11.1. The van der Waals surface area contributed by atoms with Crippen molar-refractivity contribution in [3.8, 4) is 0 Å². The van der Waals surface area contributed by atoms with E-state index < -0.39 is 17.9 Å². The monoisotopic (exact) mass is 452 g/mol. The topological polar surface area (TPSA) is 66.9 Å². The normalized spacial score (nSPS) is 19.1. The second kappa shape index (κ2) is 8.64. The molecule has 0 aromatic heterocycles. The number of rotatable bonds is 5. The van der Waals surface area contributed by atoms with E-state index in [4.69, 9.17) is 17.0 Å². The fourth-order valence-corrected chi connectivity index (χ4v) is 5.22. The maximum atomic E-state index is 13.5. The van der Waals surface area contributed by atoms with E-state index in [1.165, 1.54) is 12.0 Å². The maximum Gasteiger partial charge on any atom is 0.333 e. The van der Waals surface area contributed by atoms with E-state index in [1.54, 1.807) is 29.2 Å². The minimum Gasteiger partial charge on any atom is -0.467 e. The van der Waals surface area contributed by atoms with Crippen LogP contribution in [0.2, 0.25) is 0 Å². The van der Waals surface area contributed by atoms with Crippen LogP contribution in [0.3, 0.4) is 0 Å². The first-order valence-electron chi connectivity index (χ1n) is 9.83. The Bertz CT molecular complexity index is 1110. The number of hydrogen-bond acceptors (Lipinski definition) is 6. The lowest BCUT2D eigenvalue weighted by molar-refractivity contribution is -0.148. The van der Waals surface area contributed by atoms with Crippen molar-refractivity contribution in [2.45, 2.75) is 19.4 Å². The molecule has 0 radical (unpaired) electrons. The third-order valence-electron chi connectivity index (χ3n) is 5.19. The number of hydrogen-bond donors (Lipinski definition) is 0. The number of anilines is 1. The highest BCUT2D eigenvalue weighted by Gasteiger charge is 2.46. The van der Waals surface area contributed by atoms with Crippen LogP contribution in [0.5, 0.6) is 0 Å². The second-order valence-corrected chi connectivity index (χ2v) is 8.70. The number of benzene rings is 2. The first kappa shape index (κ1) is 21.3. The molecule has 2 heterocycles. The molecule has 2 aliphatic heterocycles. The van der Waals surface area contributed by atoms with Crippen molar-refractivity contribution in [2.75, 3.05) is 18.6 Å². The molecule has 2 aliphatic rings. The molecule has 8 heteroatoms. The number of carbonyl (C=O) groups excluding carboxylic acids is 3. The second-order valence-electron chi connectivity index (χ2n) is 7.06. The Morgan fingerprint density at radius 3 is 2.42 bits per heavy atom. The van der Waals surface area contributed by atoms with Gasteiger partial charge in [0, 0.05) is 12.1 Å². The number of para-hydroxylation sites is 1. The zero-order chi connectivity index (χ0) is 22.1. The zero-order valence-corrected chi connectivity index (χ0v) is 18.7. The van der Waals surface area contributed by atoms with Crippen LogP contribution < -0.4 is 4.90 Å². The lowest BCUT2D eigenvalue weighted by atomic mass is 10.0.